The Hall–Kier alpha value is -0.0800. The summed E-state index contributed by atoms with van der Waals surface area (Å²) in [5.74, 6) is 0. The number of unbranched alkanes of at least 4 members (excludes halogenated alkanes) is 13. The Balaban J connectivity index is 3.16. The molecule has 0 aromatic heterocycles. The van der Waals surface area contributed by atoms with E-state index in [0.717, 1.165) is 13.1 Å². The van der Waals surface area contributed by atoms with E-state index in [2.05, 4.69) is 31.0 Å². The van der Waals surface area contributed by atoms with Crippen LogP contribution in [0.1, 0.15) is 111 Å². The zero-order valence-electron chi connectivity index (χ0n) is 17.4. The van der Waals surface area contributed by atoms with Gasteiger partial charge in [0.15, 0.2) is 0 Å². The molecule has 0 amide bonds. The van der Waals surface area contributed by atoms with Gasteiger partial charge in [-0.25, -0.2) is 0 Å². The molecule has 0 aliphatic rings. The second-order valence-electron chi connectivity index (χ2n) is 7.38. The summed E-state index contributed by atoms with van der Waals surface area (Å²) >= 11 is 0. The SMILES string of the molecule is CCCCCCCCCCCCCCCCN(CC)CCNCC. The van der Waals surface area contributed by atoms with Crippen molar-refractivity contribution in [1.29, 1.82) is 0 Å². The van der Waals surface area contributed by atoms with Crippen molar-refractivity contribution in [1.82, 2.24) is 10.2 Å². The summed E-state index contributed by atoms with van der Waals surface area (Å²) in [5.41, 5.74) is 0. The Morgan fingerprint density at radius 2 is 1.00 bits per heavy atom. The van der Waals surface area contributed by atoms with E-state index < -0.39 is 0 Å². The van der Waals surface area contributed by atoms with Gasteiger partial charge < -0.3 is 10.2 Å². The van der Waals surface area contributed by atoms with E-state index in [4.69, 9.17) is 0 Å². The fourth-order valence-corrected chi connectivity index (χ4v) is 3.37. The predicted molar refractivity (Wildman–Crippen MR) is 111 cm³/mol. The highest BCUT2D eigenvalue weighted by atomic mass is 15.1. The maximum atomic E-state index is 3.42. The van der Waals surface area contributed by atoms with Gasteiger partial charge in [0.2, 0.25) is 0 Å². The number of hydrogen-bond acceptors (Lipinski definition) is 2. The first-order valence-corrected chi connectivity index (χ1v) is 11.3. The molecule has 0 aliphatic carbocycles. The Kier molecular flexibility index (Phi) is 20.9. The standard InChI is InChI=1S/C22H48N2/c1-4-7-8-9-10-11-12-13-14-15-16-17-18-19-21-24(6-3)22-20-23-5-2/h23H,4-22H2,1-3H3. The van der Waals surface area contributed by atoms with Gasteiger partial charge in [-0.05, 0) is 26.1 Å². The lowest BCUT2D eigenvalue weighted by Gasteiger charge is -2.20. The molecule has 24 heavy (non-hydrogen) atoms. The molecule has 0 spiro atoms. The minimum atomic E-state index is 1.09. The zero-order valence-corrected chi connectivity index (χ0v) is 17.4. The van der Waals surface area contributed by atoms with Crippen LogP contribution in [0, 0.1) is 0 Å². The van der Waals surface area contributed by atoms with Crippen LogP contribution in [-0.4, -0.2) is 37.6 Å². The Bertz CT molecular complexity index is 218. The highest BCUT2D eigenvalue weighted by molar-refractivity contribution is 4.58. The predicted octanol–water partition coefficient (Wildman–Crippen LogP) is 6.40. The topological polar surface area (TPSA) is 15.3 Å². The van der Waals surface area contributed by atoms with Crippen LogP contribution in [0.25, 0.3) is 0 Å². The van der Waals surface area contributed by atoms with Crippen LogP contribution < -0.4 is 5.32 Å². The summed E-state index contributed by atoms with van der Waals surface area (Å²) < 4.78 is 0. The molecule has 1 N–H and O–H groups in total. The highest BCUT2D eigenvalue weighted by Gasteiger charge is 2.01. The molecule has 2 heteroatoms. The number of rotatable bonds is 20. The van der Waals surface area contributed by atoms with Crippen molar-refractivity contribution < 1.29 is 0 Å². The molecule has 0 bridgehead atoms. The zero-order chi connectivity index (χ0) is 17.7. The van der Waals surface area contributed by atoms with E-state index in [1.54, 1.807) is 0 Å². The fourth-order valence-electron chi connectivity index (χ4n) is 3.37. The number of nitrogens with zero attached hydrogens (tertiary/aromatic N) is 1. The lowest BCUT2D eigenvalue weighted by Crippen LogP contribution is -2.32. The van der Waals surface area contributed by atoms with Crippen molar-refractivity contribution in [3.63, 3.8) is 0 Å². The van der Waals surface area contributed by atoms with Gasteiger partial charge >= 0.3 is 0 Å². The summed E-state index contributed by atoms with van der Waals surface area (Å²) in [6, 6.07) is 0. The molecular weight excluding hydrogens is 292 g/mol. The molecule has 0 aromatic rings. The van der Waals surface area contributed by atoms with Crippen LogP contribution in [0.3, 0.4) is 0 Å². The van der Waals surface area contributed by atoms with Crippen molar-refractivity contribution in [3.8, 4) is 0 Å². The normalized spacial score (nSPS) is 11.5. The maximum absolute atomic E-state index is 3.42. The van der Waals surface area contributed by atoms with Crippen LogP contribution in [0.15, 0.2) is 0 Å². The Labute approximate surface area is 154 Å². The molecule has 0 rings (SSSR count). The van der Waals surface area contributed by atoms with Crippen molar-refractivity contribution in [2.24, 2.45) is 0 Å². The molecule has 0 radical (unpaired) electrons. The summed E-state index contributed by atoms with van der Waals surface area (Å²) in [5, 5.41) is 3.42. The minimum Gasteiger partial charge on any atom is -0.316 e. The molecule has 0 saturated carbocycles. The third-order valence-electron chi connectivity index (χ3n) is 5.13. The number of nitrogens with one attached hydrogen (secondary N) is 1. The van der Waals surface area contributed by atoms with E-state index in [9.17, 15) is 0 Å². The Morgan fingerprint density at radius 3 is 1.42 bits per heavy atom. The second-order valence-corrected chi connectivity index (χ2v) is 7.38. The van der Waals surface area contributed by atoms with Crippen LogP contribution in [0.5, 0.6) is 0 Å². The molecular formula is C22H48N2. The van der Waals surface area contributed by atoms with E-state index >= 15 is 0 Å². The van der Waals surface area contributed by atoms with Gasteiger partial charge in [0.25, 0.3) is 0 Å². The van der Waals surface area contributed by atoms with Crippen LogP contribution in [0.4, 0.5) is 0 Å². The van der Waals surface area contributed by atoms with Crippen LogP contribution in [0.2, 0.25) is 0 Å². The van der Waals surface area contributed by atoms with Crippen molar-refractivity contribution >= 4 is 0 Å². The third kappa shape index (κ3) is 18.3. The summed E-state index contributed by atoms with van der Waals surface area (Å²) in [4.78, 5) is 2.59. The monoisotopic (exact) mass is 340 g/mol. The van der Waals surface area contributed by atoms with E-state index in [0.29, 0.717) is 0 Å². The van der Waals surface area contributed by atoms with E-state index in [1.165, 1.54) is 110 Å². The molecule has 2 nitrogen and oxygen atoms in total. The van der Waals surface area contributed by atoms with Gasteiger partial charge in [-0.1, -0.05) is 104 Å². The number of hydrogen-bond donors (Lipinski definition) is 1. The van der Waals surface area contributed by atoms with E-state index in [-0.39, 0.29) is 0 Å². The maximum Gasteiger partial charge on any atom is 0.0107 e. The summed E-state index contributed by atoms with van der Waals surface area (Å²) in [6.07, 6.45) is 20.3. The molecule has 0 saturated heterocycles. The minimum absolute atomic E-state index is 1.09. The third-order valence-corrected chi connectivity index (χ3v) is 5.13. The van der Waals surface area contributed by atoms with Crippen molar-refractivity contribution in [2.75, 3.05) is 32.7 Å². The van der Waals surface area contributed by atoms with Gasteiger partial charge in [-0.2, -0.15) is 0 Å². The fraction of sp³-hybridized carbons (Fsp3) is 1.00. The summed E-state index contributed by atoms with van der Waals surface area (Å²) in [6.45, 7) is 12.7. The van der Waals surface area contributed by atoms with Gasteiger partial charge in [0.1, 0.15) is 0 Å². The van der Waals surface area contributed by atoms with Gasteiger partial charge in [0.05, 0.1) is 0 Å². The largest absolute Gasteiger partial charge is 0.316 e. The molecule has 0 unspecified atom stereocenters. The van der Waals surface area contributed by atoms with Gasteiger partial charge in [0, 0.05) is 13.1 Å². The lowest BCUT2D eigenvalue weighted by molar-refractivity contribution is 0.280. The molecule has 0 heterocycles. The molecule has 0 fully saturated rings. The Morgan fingerprint density at radius 1 is 0.542 bits per heavy atom. The van der Waals surface area contributed by atoms with Gasteiger partial charge in [-0.3, -0.25) is 0 Å². The quantitative estimate of drug-likeness (QED) is 0.258. The molecule has 146 valence electrons. The second kappa shape index (κ2) is 21.0. The molecule has 0 aromatic carbocycles. The van der Waals surface area contributed by atoms with Crippen LogP contribution >= 0.6 is 0 Å². The molecule has 0 aliphatic heterocycles. The van der Waals surface area contributed by atoms with Crippen LogP contribution in [-0.2, 0) is 0 Å². The number of likely N-dealkylation sites (N-methyl/N-ethyl adjacent to an activating group) is 2. The van der Waals surface area contributed by atoms with E-state index in [1.807, 2.05) is 0 Å². The smallest absolute Gasteiger partial charge is 0.0107 e. The lowest BCUT2D eigenvalue weighted by atomic mass is 10.0. The van der Waals surface area contributed by atoms with Crippen molar-refractivity contribution in [3.05, 3.63) is 0 Å². The highest BCUT2D eigenvalue weighted by Crippen LogP contribution is 2.13. The molecule has 0 atom stereocenters. The average molecular weight is 341 g/mol. The first-order valence-electron chi connectivity index (χ1n) is 11.3. The summed E-state index contributed by atoms with van der Waals surface area (Å²) in [7, 11) is 0. The average Bonchev–Trinajstić information content (AvgIpc) is 2.60. The van der Waals surface area contributed by atoms with Gasteiger partial charge in [-0.15, -0.1) is 0 Å². The first-order chi connectivity index (χ1) is 11.8. The van der Waals surface area contributed by atoms with Crippen molar-refractivity contribution in [2.45, 2.75) is 111 Å². The first kappa shape index (κ1) is 23.9.